The Bertz CT molecular complexity index is 674. The van der Waals surface area contributed by atoms with Crippen LogP contribution < -0.4 is 5.32 Å². The van der Waals surface area contributed by atoms with Crippen molar-refractivity contribution in [3.63, 3.8) is 0 Å². The van der Waals surface area contributed by atoms with E-state index in [4.69, 9.17) is 0 Å². The molecule has 0 aliphatic heterocycles. The maximum atomic E-state index is 13.7. The summed E-state index contributed by atoms with van der Waals surface area (Å²) in [5.74, 6) is -1.47. The third-order valence-corrected chi connectivity index (χ3v) is 4.98. The fraction of sp³-hybridized carbons (Fsp3) is 0.312. The molecule has 1 amide bonds. The molecule has 2 nitrogen and oxygen atoms in total. The van der Waals surface area contributed by atoms with Gasteiger partial charge in [-0.3, -0.25) is 4.79 Å². The van der Waals surface area contributed by atoms with Gasteiger partial charge in [0, 0.05) is 16.5 Å². The Morgan fingerprint density at radius 2 is 2.10 bits per heavy atom. The van der Waals surface area contributed by atoms with Gasteiger partial charge in [-0.1, -0.05) is 6.07 Å². The number of carbonyl (C=O) groups is 1. The minimum absolute atomic E-state index is 0.203. The molecule has 110 valence electrons. The maximum Gasteiger partial charge on any atom is 0.261 e. The highest BCUT2D eigenvalue weighted by molar-refractivity contribution is 7.14. The van der Waals surface area contributed by atoms with Gasteiger partial charge in [0.1, 0.15) is 11.6 Å². The normalized spacial score (nSPS) is 14.8. The first-order valence-corrected chi connectivity index (χ1v) is 7.73. The summed E-state index contributed by atoms with van der Waals surface area (Å²) >= 11 is 1.51. The summed E-state index contributed by atoms with van der Waals surface area (Å²) < 4.78 is 26.6. The van der Waals surface area contributed by atoms with Crippen LogP contribution in [0.3, 0.4) is 0 Å². The quantitative estimate of drug-likeness (QED) is 0.912. The number of rotatable bonds is 3. The van der Waals surface area contributed by atoms with Gasteiger partial charge in [0.05, 0.1) is 10.9 Å². The predicted molar refractivity (Wildman–Crippen MR) is 78.6 cm³/mol. The number of amides is 1. The molecule has 0 saturated heterocycles. The van der Waals surface area contributed by atoms with Crippen LogP contribution >= 0.6 is 11.3 Å². The molecule has 1 aromatic heterocycles. The van der Waals surface area contributed by atoms with E-state index >= 15 is 0 Å². The number of halogens is 2. The summed E-state index contributed by atoms with van der Waals surface area (Å²) in [7, 11) is 0. The summed E-state index contributed by atoms with van der Waals surface area (Å²) in [5.41, 5.74) is 1.54. The predicted octanol–water partition coefficient (Wildman–Crippen LogP) is 4.01. The molecular weight excluding hydrogens is 292 g/mol. The second-order valence-corrected chi connectivity index (χ2v) is 6.41. The molecule has 1 aliphatic rings. The lowest BCUT2D eigenvalue weighted by Crippen LogP contribution is -2.26. The Morgan fingerprint density at radius 3 is 2.81 bits per heavy atom. The molecule has 1 unspecified atom stereocenters. The van der Waals surface area contributed by atoms with Crippen LogP contribution in [0.25, 0.3) is 0 Å². The topological polar surface area (TPSA) is 29.1 Å². The standard InChI is InChI=1S/C16H15F2NOS/c1-9(12-6-5-11(17)8-13(12)18)19-16(20)15-7-10-3-2-4-14(10)21-15/h5-9H,2-4H2,1H3,(H,19,20). The highest BCUT2D eigenvalue weighted by Crippen LogP contribution is 2.31. The van der Waals surface area contributed by atoms with E-state index in [1.165, 1.54) is 33.9 Å². The summed E-state index contributed by atoms with van der Waals surface area (Å²) in [6.07, 6.45) is 3.22. The van der Waals surface area contributed by atoms with Crippen LogP contribution in [0.15, 0.2) is 24.3 Å². The third-order valence-electron chi connectivity index (χ3n) is 3.75. The Balaban J connectivity index is 1.74. The van der Waals surface area contributed by atoms with Crippen LogP contribution in [-0.2, 0) is 12.8 Å². The zero-order valence-corrected chi connectivity index (χ0v) is 12.4. The molecule has 5 heteroatoms. The highest BCUT2D eigenvalue weighted by atomic mass is 32.1. The molecule has 1 N–H and O–H groups in total. The molecule has 1 aliphatic carbocycles. The molecule has 0 radical (unpaired) electrons. The maximum absolute atomic E-state index is 13.7. The van der Waals surface area contributed by atoms with Crippen molar-refractivity contribution in [3.8, 4) is 0 Å². The second-order valence-electron chi connectivity index (χ2n) is 5.27. The lowest BCUT2D eigenvalue weighted by molar-refractivity contribution is 0.0943. The van der Waals surface area contributed by atoms with Gasteiger partial charge in [0.25, 0.3) is 5.91 Å². The van der Waals surface area contributed by atoms with E-state index in [0.717, 1.165) is 25.3 Å². The van der Waals surface area contributed by atoms with Crippen LogP contribution in [0.5, 0.6) is 0 Å². The summed E-state index contributed by atoms with van der Waals surface area (Å²) in [5, 5.41) is 2.77. The molecule has 0 spiro atoms. The van der Waals surface area contributed by atoms with Crippen molar-refractivity contribution in [2.24, 2.45) is 0 Å². The van der Waals surface area contributed by atoms with E-state index in [2.05, 4.69) is 5.32 Å². The Labute approximate surface area is 125 Å². The summed E-state index contributed by atoms with van der Waals surface area (Å²) in [6, 6.07) is 4.81. The molecule has 0 bridgehead atoms. The van der Waals surface area contributed by atoms with Crippen LogP contribution in [0.4, 0.5) is 8.78 Å². The minimum Gasteiger partial charge on any atom is -0.345 e. The number of hydrogen-bond donors (Lipinski definition) is 1. The number of nitrogens with one attached hydrogen (secondary N) is 1. The van der Waals surface area contributed by atoms with E-state index in [0.29, 0.717) is 4.88 Å². The van der Waals surface area contributed by atoms with Crippen LogP contribution in [0, 0.1) is 11.6 Å². The second kappa shape index (κ2) is 5.56. The van der Waals surface area contributed by atoms with Crippen LogP contribution in [0.1, 0.15) is 45.1 Å². The molecule has 1 heterocycles. The van der Waals surface area contributed by atoms with Gasteiger partial charge in [-0.2, -0.15) is 0 Å². The van der Waals surface area contributed by atoms with E-state index in [-0.39, 0.29) is 11.5 Å². The van der Waals surface area contributed by atoms with Gasteiger partial charge >= 0.3 is 0 Å². The fourth-order valence-electron chi connectivity index (χ4n) is 2.64. The largest absolute Gasteiger partial charge is 0.345 e. The number of aryl methyl sites for hydroxylation is 2. The molecule has 1 aromatic carbocycles. The molecular formula is C16H15F2NOS. The van der Waals surface area contributed by atoms with Crippen molar-refractivity contribution in [1.82, 2.24) is 5.32 Å². The number of thiophene rings is 1. The number of benzene rings is 1. The fourth-order valence-corrected chi connectivity index (χ4v) is 3.80. The average Bonchev–Trinajstić information content (AvgIpc) is 2.98. The van der Waals surface area contributed by atoms with Gasteiger partial charge in [-0.05, 0) is 43.9 Å². The first kappa shape index (κ1) is 14.2. The van der Waals surface area contributed by atoms with Crippen molar-refractivity contribution in [3.05, 3.63) is 56.8 Å². The number of fused-ring (bicyclic) bond motifs is 1. The first-order valence-electron chi connectivity index (χ1n) is 6.92. The van der Waals surface area contributed by atoms with Crippen LogP contribution in [-0.4, -0.2) is 5.91 Å². The average molecular weight is 307 g/mol. The Hall–Kier alpha value is -1.75. The smallest absolute Gasteiger partial charge is 0.261 e. The third kappa shape index (κ3) is 2.83. The molecule has 1 atom stereocenters. The highest BCUT2D eigenvalue weighted by Gasteiger charge is 2.20. The van der Waals surface area contributed by atoms with Crippen molar-refractivity contribution in [2.45, 2.75) is 32.2 Å². The van der Waals surface area contributed by atoms with Crippen molar-refractivity contribution in [2.75, 3.05) is 0 Å². The Morgan fingerprint density at radius 1 is 1.29 bits per heavy atom. The van der Waals surface area contributed by atoms with E-state index in [1.54, 1.807) is 6.92 Å². The lowest BCUT2D eigenvalue weighted by atomic mass is 10.1. The first-order chi connectivity index (χ1) is 10.0. The summed E-state index contributed by atoms with van der Waals surface area (Å²) in [4.78, 5) is 14.2. The lowest BCUT2D eigenvalue weighted by Gasteiger charge is -2.14. The zero-order chi connectivity index (χ0) is 15.0. The minimum atomic E-state index is -0.642. The van der Waals surface area contributed by atoms with Crippen molar-refractivity contribution >= 4 is 17.2 Å². The van der Waals surface area contributed by atoms with E-state index in [9.17, 15) is 13.6 Å². The van der Waals surface area contributed by atoms with Gasteiger partial charge in [-0.25, -0.2) is 8.78 Å². The number of carbonyl (C=O) groups excluding carboxylic acids is 1. The zero-order valence-electron chi connectivity index (χ0n) is 11.6. The summed E-state index contributed by atoms with van der Waals surface area (Å²) in [6.45, 7) is 1.69. The van der Waals surface area contributed by atoms with Crippen molar-refractivity contribution < 1.29 is 13.6 Å². The van der Waals surface area contributed by atoms with Gasteiger partial charge in [0.2, 0.25) is 0 Å². The van der Waals surface area contributed by atoms with E-state index < -0.39 is 17.7 Å². The van der Waals surface area contributed by atoms with Gasteiger partial charge in [0.15, 0.2) is 0 Å². The molecule has 0 fully saturated rings. The SMILES string of the molecule is CC(NC(=O)c1cc2c(s1)CCC2)c1ccc(F)cc1F. The molecule has 3 rings (SSSR count). The van der Waals surface area contributed by atoms with E-state index in [1.807, 2.05) is 6.07 Å². The Kier molecular flexibility index (Phi) is 3.76. The number of hydrogen-bond acceptors (Lipinski definition) is 2. The molecule has 0 saturated carbocycles. The van der Waals surface area contributed by atoms with Gasteiger partial charge in [-0.15, -0.1) is 11.3 Å². The van der Waals surface area contributed by atoms with Crippen molar-refractivity contribution in [1.29, 1.82) is 0 Å². The van der Waals surface area contributed by atoms with Gasteiger partial charge < -0.3 is 5.32 Å². The molecule has 2 aromatic rings. The van der Waals surface area contributed by atoms with Crippen LogP contribution in [0.2, 0.25) is 0 Å². The monoisotopic (exact) mass is 307 g/mol. The molecule has 21 heavy (non-hydrogen) atoms.